The molecule has 0 aliphatic rings. The van der Waals surface area contributed by atoms with Gasteiger partial charge in [-0.3, -0.25) is 14.4 Å². The molecule has 0 saturated carbocycles. The van der Waals surface area contributed by atoms with Gasteiger partial charge in [-0.15, -0.1) is 0 Å². The minimum atomic E-state index is -3.03. The van der Waals surface area contributed by atoms with Crippen molar-refractivity contribution in [3.8, 4) is 0 Å². The molecule has 8 N–H and O–H groups in total. The van der Waals surface area contributed by atoms with Gasteiger partial charge in [-0.1, -0.05) is 0 Å². The molecule has 1 rings (SSSR count). The Kier molecular flexibility index (Phi) is 10.2. The average molecular weight is 780 g/mol. The Balaban J connectivity index is 3.71. The third-order valence-electron chi connectivity index (χ3n) is 3.82. The summed E-state index contributed by atoms with van der Waals surface area (Å²) < 4.78 is 22.0. The number of amides is 3. The van der Waals surface area contributed by atoms with Crippen LogP contribution in [-0.2, 0) is 4.79 Å². The number of aliphatic hydroxyl groups is 5. The quantitative estimate of drug-likeness (QED) is 0.139. The van der Waals surface area contributed by atoms with Crippen molar-refractivity contribution in [1.82, 2.24) is 10.6 Å². The van der Waals surface area contributed by atoms with Gasteiger partial charge in [-0.2, -0.15) is 0 Å². The predicted octanol–water partition coefficient (Wildman–Crippen LogP) is -1.01. The third-order valence-corrected chi connectivity index (χ3v) is 7.06. The first kappa shape index (κ1) is 23.8. The van der Waals surface area contributed by atoms with E-state index in [2.05, 4.69) is 16.0 Å². The Morgan fingerprint density at radius 3 is 1.55 bits per heavy atom. The van der Waals surface area contributed by atoms with Gasteiger partial charge in [-0.05, 0) is 74.6 Å². The Bertz CT molecular complexity index is 874. The first-order valence-electron chi connectivity index (χ1n) is 9.99. The smallest absolute Gasteiger partial charge is 0.253 e. The van der Waals surface area contributed by atoms with Crippen molar-refractivity contribution in [3.05, 3.63) is 21.8 Å². The summed E-state index contributed by atoms with van der Waals surface area (Å²) in [6.07, 6.45) is -2.39. The van der Waals surface area contributed by atoms with E-state index >= 15 is 0 Å². The van der Waals surface area contributed by atoms with E-state index in [1.54, 1.807) is 67.8 Å². The largest absolute Gasteiger partial charge is 0.394 e. The molecular formula is C17H22I3N3O8. The molecule has 0 aliphatic carbocycles. The molecule has 0 spiro atoms. The Labute approximate surface area is 223 Å². The second-order valence-electron chi connectivity index (χ2n) is 6.03. The van der Waals surface area contributed by atoms with Gasteiger partial charge in [0.15, 0.2) is 0 Å². The summed E-state index contributed by atoms with van der Waals surface area (Å²) in [5.41, 5.74) is -0.414. The van der Waals surface area contributed by atoms with Gasteiger partial charge in [0.1, 0.15) is 6.10 Å². The highest BCUT2D eigenvalue weighted by molar-refractivity contribution is 14.1. The van der Waals surface area contributed by atoms with Gasteiger partial charge in [-0.25, -0.2) is 0 Å². The van der Waals surface area contributed by atoms with E-state index in [-0.39, 0.29) is 27.5 Å². The number of carbonyl (C=O) groups excluding carboxylic acids is 3. The van der Waals surface area contributed by atoms with Crippen LogP contribution in [0.5, 0.6) is 0 Å². The molecule has 0 bridgehead atoms. The van der Waals surface area contributed by atoms with Gasteiger partial charge in [0, 0.05) is 7.68 Å². The van der Waals surface area contributed by atoms with Crippen molar-refractivity contribution in [1.29, 1.82) is 0 Å². The van der Waals surface area contributed by atoms with Gasteiger partial charge in [0.25, 0.3) is 17.7 Å². The van der Waals surface area contributed by atoms with Crippen LogP contribution in [0, 0.1) is 10.7 Å². The molecule has 174 valence electrons. The van der Waals surface area contributed by atoms with E-state index in [9.17, 15) is 39.9 Å². The monoisotopic (exact) mass is 780 g/mol. The maximum atomic E-state index is 13.0. The standard InChI is InChI=1S/C17H22I3N3O8/c1-6(28)15(29)23-14-12(19)9(16(30)21-7(2-24)3-25)11(18)10(13(14)20)17(31)22-8(4-26)5-27/h6-8,24-28H,2-5H2,1H3,(H,21,30)(H,22,31)(H,23,29)/t6-/m0/s1/i1D3. The highest BCUT2D eigenvalue weighted by Gasteiger charge is 2.30. The predicted molar refractivity (Wildman–Crippen MR) is 136 cm³/mol. The lowest BCUT2D eigenvalue weighted by molar-refractivity contribution is -0.123. The molecule has 1 aromatic carbocycles. The average Bonchev–Trinajstić information content (AvgIpc) is 2.77. The van der Waals surface area contributed by atoms with Crippen LogP contribution in [0.15, 0.2) is 0 Å². The molecular weight excluding hydrogens is 755 g/mol. The lowest BCUT2D eigenvalue weighted by atomic mass is 10.1. The van der Waals surface area contributed by atoms with Gasteiger partial charge in [0.05, 0.1) is 62.5 Å². The van der Waals surface area contributed by atoms with Crippen molar-refractivity contribution in [2.24, 2.45) is 0 Å². The zero-order valence-electron chi connectivity index (χ0n) is 18.7. The summed E-state index contributed by atoms with van der Waals surface area (Å²) in [5.74, 6) is -2.94. The number of rotatable bonds is 10. The van der Waals surface area contributed by atoms with Crippen molar-refractivity contribution in [2.75, 3.05) is 31.7 Å². The minimum Gasteiger partial charge on any atom is -0.394 e. The molecule has 14 heteroatoms. The number of hydrogen-bond acceptors (Lipinski definition) is 8. The maximum absolute atomic E-state index is 13.0. The number of benzene rings is 1. The van der Waals surface area contributed by atoms with Crippen LogP contribution in [0.1, 0.15) is 31.7 Å². The van der Waals surface area contributed by atoms with Gasteiger partial charge in [0.2, 0.25) is 0 Å². The first-order valence-corrected chi connectivity index (χ1v) is 11.7. The van der Waals surface area contributed by atoms with Crippen LogP contribution in [0.3, 0.4) is 0 Å². The summed E-state index contributed by atoms with van der Waals surface area (Å²) in [6, 6.07) is -2.06. The van der Waals surface area contributed by atoms with Crippen LogP contribution in [0.25, 0.3) is 0 Å². The van der Waals surface area contributed by atoms with Crippen LogP contribution >= 0.6 is 67.8 Å². The van der Waals surface area contributed by atoms with Gasteiger partial charge >= 0.3 is 0 Å². The SMILES string of the molecule is [2H]C([2H])([2H])[C@H](O)C(=O)Nc1c(I)c(C(=O)NC(CO)CO)c(I)c(C(=O)NC(CO)CO)c1I. The van der Waals surface area contributed by atoms with E-state index in [0.29, 0.717) is 0 Å². The number of nitrogens with one attached hydrogen (secondary N) is 3. The molecule has 3 amide bonds. The van der Waals surface area contributed by atoms with Crippen LogP contribution in [-0.4, -0.2) is 87.9 Å². The first-order chi connectivity index (χ1) is 15.7. The van der Waals surface area contributed by atoms with Crippen LogP contribution in [0.2, 0.25) is 0 Å². The van der Waals surface area contributed by atoms with Crippen LogP contribution in [0.4, 0.5) is 5.69 Å². The molecule has 31 heavy (non-hydrogen) atoms. The molecule has 0 saturated heterocycles. The summed E-state index contributed by atoms with van der Waals surface area (Å²) in [4.78, 5) is 38.3. The highest BCUT2D eigenvalue weighted by Crippen LogP contribution is 2.36. The zero-order chi connectivity index (χ0) is 26.4. The summed E-state index contributed by atoms with van der Waals surface area (Å²) >= 11 is 5.09. The molecule has 11 nitrogen and oxygen atoms in total. The van der Waals surface area contributed by atoms with E-state index in [1.165, 1.54) is 0 Å². The van der Waals surface area contributed by atoms with Crippen molar-refractivity contribution in [3.63, 3.8) is 0 Å². The minimum absolute atomic E-state index is 0.0852. The van der Waals surface area contributed by atoms with E-state index in [4.69, 9.17) is 4.11 Å². The van der Waals surface area contributed by atoms with Crippen molar-refractivity contribution in [2.45, 2.75) is 25.0 Å². The molecule has 0 fully saturated rings. The molecule has 0 radical (unpaired) electrons. The van der Waals surface area contributed by atoms with Crippen molar-refractivity contribution < 1.29 is 44.0 Å². The topological polar surface area (TPSA) is 188 Å². The van der Waals surface area contributed by atoms with E-state index < -0.39 is 69.2 Å². The summed E-state index contributed by atoms with van der Waals surface area (Å²) in [5, 5.41) is 53.9. The van der Waals surface area contributed by atoms with E-state index in [0.717, 1.165) is 0 Å². The highest BCUT2D eigenvalue weighted by atomic mass is 127. The maximum Gasteiger partial charge on any atom is 0.253 e. The second kappa shape index (κ2) is 13.4. The fourth-order valence-corrected chi connectivity index (χ4v) is 6.59. The molecule has 1 atom stereocenters. The lowest BCUT2D eigenvalue weighted by Gasteiger charge is -2.22. The fourth-order valence-electron chi connectivity index (χ4n) is 2.18. The number of anilines is 1. The number of carbonyl (C=O) groups is 3. The number of halogens is 3. The fraction of sp³-hybridized carbons (Fsp3) is 0.471. The third kappa shape index (κ3) is 7.30. The van der Waals surface area contributed by atoms with Crippen molar-refractivity contribution >= 4 is 91.2 Å². The normalized spacial score (nSPS) is 13.9. The molecule has 0 aromatic heterocycles. The van der Waals surface area contributed by atoms with E-state index in [1.807, 2.05) is 0 Å². The lowest BCUT2D eigenvalue weighted by Crippen LogP contribution is -2.42. The van der Waals surface area contributed by atoms with Crippen LogP contribution < -0.4 is 16.0 Å². The summed E-state index contributed by atoms with van der Waals surface area (Å²) in [7, 11) is 0. The second-order valence-corrected chi connectivity index (χ2v) is 9.27. The zero-order valence-corrected chi connectivity index (χ0v) is 22.1. The molecule has 0 unspecified atom stereocenters. The van der Waals surface area contributed by atoms with Gasteiger partial charge < -0.3 is 41.5 Å². The summed E-state index contributed by atoms with van der Waals surface area (Å²) in [6.45, 7) is -5.38. The Morgan fingerprint density at radius 2 is 1.23 bits per heavy atom. The Hall–Kier alpha value is -0.380. The molecule has 0 heterocycles. The number of aliphatic hydroxyl groups excluding tert-OH is 5. The Morgan fingerprint density at radius 1 is 0.839 bits per heavy atom. The number of hydrogen-bond donors (Lipinski definition) is 8. The molecule has 1 aromatic rings. The molecule has 0 aliphatic heterocycles.